The van der Waals surface area contributed by atoms with Gasteiger partial charge in [-0.3, -0.25) is 28.8 Å². The number of hydrogen-bond donors (Lipinski definition) is 5. The molecule has 13 heteroatoms. The number of fused-ring (bicyclic) bond motifs is 1. The maximum absolute atomic E-state index is 14.0. The molecule has 0 aromatic heterocycles. The van der Waals surface area contributed by atoms with E-state index >= 15 is 0 Å². The summed E-state index contributed by atoms with van der Waals surface area (Å²) in [4.78, 5) is 83.0. The molecule has 2 aliphatic rings. The number of rotatable bonds is 7. The normalized spacial score (nSPS) is 25.2. The Morgan fingerprint density at radius 3 is 2.04 bits per heavy atom. The zero-order chi connectivity index (χ0) is 34.3. The van der Waals surface area contributed by atoms with Gasteiger partial charge in [-0.05, 0) is 69.6 Å². The molecule has 2 fully saturated rings. The summed E-state index contributed by atoms with van der Waals surface area (Å²) in [5, 5.41) is 20.7. The van der Waals surface area contributed by atoms with Crippen LogP contribution < -0.4 is 21.3 Å². The third-order valence-electron chi connectivity index (χ3n) is 7.84. The molecule has 1 aromatic carbocycles. The Bertz CT molecular complexity index is 1290. The van der Waals surface area contributed by atoms with Gasteiger partial charge in [0.25, 0.3) is 0 Å². The second-order valence-electron chi connectivity index (χ2n) is 13.9. The van der Waals surface area contributed by atoms with E-state index in [1.165, 1.54) is 17.0 Å². The molecule has 0 radical (unpaired) electrons. The molecule has 254 valence electrons. The largest absolute Gasteiger partial charge is 0.508 e. The van der Waals surface area contributed by atoms with Crippen LogP contribution >= 0.6 is 0 Å². The maximum Gasteiger partial charge on any atom is 0.308 e. The van der Waals surface area contributed by atoms with E-state index in [0.717, 1.165) is 0 Å². The zero-order valence-electron chi connectivity index (χ0n) is 27.8. The fraction of sp³-hybridized carbons (Fsp3) is 0.636. The number of aromatic hydroxyl groups is 1. The second-order valence-corrected chi connectivity index (χ2v) is 13.9. The van der Waals surface area contributed by atoms with Gasteiger partial charge in [-0.2, -0.15) is 0 Å². The topological polar surface area (TPSA) is 183 Å². The van der Waals surface area contributed by atoms with Crippen LogP contribution in [0.2, 0.25) is 0 Å². The predicted octanol–water partition coefficient (Wildman–Crippen LogP) is 1.31. The van der Waals surface area contributed by atoms with Gasteiger partial charge < -0.3 is 36.0 Å². The van der Waals surface area contributed by atoms with Gasteiger partial charge in [-0.15, -0.1) is 0 Å². The minimum absolute atomic E-state index is 0.0162. The molecule has 0 unspecified atom stereocenters. The Labute approximate surface area is 270 Å². The third kappa shape index (κ3) is 10.2. The first-order valence-electron chi connectivity index (χ1n) is 16.0. The number of nitrogens with one attached hydrogen (secondary N) is 4. The number of carbonyl (C=O) groups excluding carboxylic acids is 6. The van der Waals surface area contributed by atoms with Crippen LogP contribution in [-0.4, -0.2) is 87.9 Å². The number of esters is 1. The SMILES string of the molecule is CC(C)C[C@@H]1NC(=O)[C@@H](C(C)C)NC(=O)[C@@H]2CCCN2C(=O)[C@@H](CC(=O)OC(C)(C)C)NC(=O)[C@@H](Cc2ccc(O)cc2)NC1=O. The van der Waals surface area contributed by atoms with Crippen molar-refractivity contribution < 1.29 is 38.6 Å². The number of benzene rings is 1. The van der Waals surface area contributed by atoms with Crippen molar-refractivity contribution >= 4 is 35.5 Å². The van der Waals surface area contributed by atoms with Crippen molar-refractivity contribution in [2.45, 2.75) is 116 Å². The molecule has 2 saturated heterocycles. The number of ether oxygens (including phenoxy) is 1. The molecule has 5 amide bonds. The summed E-state index contributed by atoms with van der Waals surface area (Å²) >= 11 is 0. The van der Waals surface area contributed by atoms with Crippen LogP contribution in [0.4, 0.5) is 0 Å². The number of phenols is 1. The lowest BCUT2D eigenvalue weighted by Gasteiger charge is -2.31. The molecule has 13 nitrogen and oxygen atoms in total. The highest BCUT2D eigenvalue weighted by atomic mass is 16.6. The van der Waals surface area contributed by atoms with Crippen LogP contribution in [0.15, 0.2) is 24.3 Å². The number of amides is 5. The highest BCUT2D eigenvalue weighted by Gasteiger charge is 2.42. The van der Waals surface area contributed by atoms with Crippen LogP contribution in [0.1, 0.15) is 79.7 Å². The summed E-state index contributed by atoms with van der Waals surface area (Å²) in [6, 6.07) is 0.508. The van der Waals surface area contributed by atoms with Crippen LogP contribution in [0.25, 0.3) is 0 Å². The molecule has 46 heavy (non-hydrogen) atoms. The molecule has 5 atom stereocenters. The molecular formula is C33H49N5O8. The van der Waals surface area contributed by atoms with Crippen LogP contribution in [0.5, 0.6) is 5.75 Å². The summed E-state index contributed by atoms with van der Waals surface area (Å²) in [7, 11) is 0. The quantitative estimate of drug-likeness (QED) is 0.276. The standard InChI is InChI=1S/C33H49N5O8/c1-18(2)15-22-28(41)34-23(16-20-10-12-21(39)13-11-20)29(42)36-24(17-26(40)46-33(5,6)7)32(45)38-14-8-9-25(38)30(43)37-27(19(3)4)31(44)35-22/h10-13,18-19,22-25,27,39H,8-9,14-17H2,1-7H3,(H,34,41)(H,35,44)(H,36,42)(H,37,43)/t22-,23+,24+,25-,27+/m0/s1. The van der Waals surface area contributed by atoms with E-state index < -0.39 is 77.7 Å². The van der Waals surface area contributed by atoms with E-state index in [-0.39, 0.29) is 37.0 Å². The highest BCUT2D eigenvalue weighted by molar-refractivity contribution is 5.99. The van der Waals surface area contributed by atoms with E-state index in [0.29, 0.717) is 18.4 Å². The van der Waals surface area contributed by atoms with Crippen LogP contribution in [0, 0.1) is 11.8 Å². The average Bonchev–Trinajstić information content (AvgIpc) is 3.43. The number of phenolic OH excluding ortho intramolecular Hbond substituents is 1. The lowest BCUT2D eigenvalue weighted by molar-refractivity contribution is -0.158. The highest BCUT2D eigenvalue weighted by Crippen LogP contribution is 2.22. The minimum atomic E-state index is -1.40. The first-order valence-corrected chi connectivity index (χ1v) is 16.0. The minimum Gasteiger partial charge on any atom is -0.508 e. The van der Waals surface area contributed by atoms with Crippen molar-refractivity contribution in [2.24, 2.45) is 11.8 Å². The first kappa shape index (κ1) is 36.3. The Hall–Kier alpha value is -4.16. The van der Waals surface area contributed by atoms with Gasteiger partial charge in [0, 0.05) is 13.0 Å². The number of hydrogen-bond acceptors (Lipinski definition) is 8. The van der Waals surface area contributed by atoms with Gasteiger partial charge in [0.2, 0.25) is 29.5 Å². The first-order chi connectivity index (χ1) is 21.4. The molecular weight excluding hydrogens is 594 g/mol. The van der Waals surface area contributed by atoms with Crippen molar-refractivity contribution in [1.29, 1.82) is 0 Å². The van der Waals surface area contributed by atoms with E-state index in [4.69, 9.17) is 4.74 Å². The summed E-state index contributed by atoms with van der Waals surface area (Å²) in [5.41, 5.74) is -0.253. The summed E-state index contributed by atoms with van der Waals surface area (Å²) < 4.78 is 5.46. The van der Waals surface area contributed by atoms with Gasteiger partial charge in [0.05, 0.1) is 6.42 Å². The lowest BCUT2D eigenvalue weighted by atomic mass is 9.98. The van der Waals surface area contributed by atoms with E-state index in [1.807, 2.05) is 13.8 Å². The Kier molecular flexibility index (Phi) is 12.2. The van der Waals surface area contributed by atoms with Crippen molar-refractivity contribution in [2.75, 3.05) is 6.54 Å². The van der Waals surface area contributed by atoms with Gasteiger partial charge in [-0.25, -0.2) is 0 Å². The van der Waals surface area contributed by atoms with Gasteiger partial charge in [-0.1, -0.05) is 39.8 Å². The van der Waals surface area contributed by atoms with Crippen molar-refractivity contribution in [3.63, 3.8) is 0 Å². The van der Waals surface area contributed by atoms with Gasteiger partial charge >= 0.3 is 5.97 Å². The molecule has 0 bridgehead atoms. The van der Waals surface area contributed by atoms with Crippen LogP contribution in [0.3, 0.4) is 0 Å². The van der Waals surface area contributed by atoms with Crippen LogP contribution in [-0.2, 0) is 39.9 Å². The van der Waals surface area contributed by atoms with Crippen molar-refractivity contribution in [1.82, 2.24) is 26.2 Å². The molecule has 2 heterocycles. The summed E-state index contributed by atoms with van der Waals surface area (Å²) in [6.45, 7) is 12.6. The lowest BCUT2D eigenvalue weighted by Crippen LogP contribution is -2.59. The summed E-state index contributed by atoms with van der Waals surface area (Å²) in [6.07, 6.45) is 0.563. The Balaban J connectivity index is 2.09. The van der Waals surface area contributed by atoms with E-state index in [2.05, 4.69) is 21.3 Å². The van der Waals surface area contributed by atoms with Crippen molar-refractivity contribution in [3.05, 3.63) is 29.8 Å². The Morgan fingerprint density at radius 2 is 1.46 bits per heavy atom. The molecule has 2 aliphatic heterocycles. The smallest absolute Gasteiger partial charge is 0.308 e. The molecule has 0 aliphatic carbocycles. The predicted molar refractivity (Wildman–Crippen MR) is 169 cm³/mol. The Morgan fingerprint density at radius 1 is 0.870 bits per heavy atom. The fourth-order valence-electron chi connectivity index (χ4n) is 5.62. The monoisotopic (exact) mass is 643 g/mol. The number of carbonyl (C=O) groups is 6. The molecule has 3 rings (SSSR count). The average molecular weight is 644 g/mol. The third-order valence-corrected chi connectivity index (χ3v) is 7.84. The maximum atomic E-state index is 14.0. The zero-order valence-corrected chi connectivity index (χ0v) is 27.8. The molecule has 0 saturated carbocycles. The van der Waals surface area contributed by atoms with E-state index in [1.54, 1.807) is 46.8 Å². The molecule has 1 aromatic rings. The second kappa shape index (κ2) is 15.4. The molecule has 0 spiro atoms. The molecule has 5 N–H and O–H groups in total. The van der Waals surface area contributed by atoms with Gasteiger partial charge in [0.15, 0.2) is 0 Å². The van der Waals surface area contributed by atoms with Crippen molar-refractivity contribution in [3.8, 4) is 5.75 Å². The summed E-state index contributed by atoms with van der Waals surface area (Å²) in [5.74, 6) is -4.18. The van der Waals surface area contributed by atoms with Gasteiger partial charge in [0.1, 0.15) is 41.6 Å². The van der Waals surface area contributed by atoms with E-state index in [9.17, 15) is 33.9 Å². The number of nitrogens with zero attached hydrogens (tertiary/aromatic N) is 1. The fourth-order valence-corrected chi connectivity index (χ4v) is 5.62.